The van der Waals surface area contributed by atoms with Crippen LogP contribution in [0.15, 0.2) is 72.9 Å². The summed E-state index contributed by atoms with van der Waals surface area (Å²) in [7, 11) is 0. The molecule has 0 radical (unpaired) electrons. The van der Waals surface area contributed by atoms with Crippen LogP contribution in [0.3, 0.4) is 0 Å². The summed E-state index contributed by atoms with van der Waals surface area (Å²) in [5.74, 6) is 0.522. The first kappa shape index (κ1) is 18.6. The van der Waals surface area contributed by atoms with Crippen molar-refractivity contribution in [3.63, 3.8) is 0 Å². The zero-order valence-electron chi connectivity index (χ0n) is 16.0. The van der Waals surface area contributed by atoms with Crippen molar-refractivity contribution in [2.45, 2.75) is 18.3 Å². The minimum atomic E-state index is -0.389. The second-order valence-corrected chi connectivity index (χ2v) is 8.39. The second-order valence-electron chi connectivity index (χ2n) is 7.21. The quantitative estimate of drug-likeness (QED) is 0.505. The van der Waals surface area contributed by atoms with Gasteiger partial charge < -0.3 is 4.74 Å². The molecule has 0 saturated carbocycles. The van der Waals surface area contributed by atoms with Gasteiger partial charge >= 0.3 is 0 Å². The van der Waals surface area contributed by atoms with Crippen molar-refractivity contribution in [3.8, 4) is 5.75 Å². The Morgan fingerprint density at radius 1 is 0.967 bits per heavy atom. The molecule has 5 rings (SSSR count). The summed E-state index contributed by atoms with van der Waals surface area (Å²) in [4.78, 5) is 27.6. The van der Waals surface area contributed by atoms with Crippen molar-refractivity contribution in [1.82, 2.24) is 10.3 Å². The van der Waals surface area contributed by atoms with Gasteiger partial charge in [0.25, 0.3) is 5.24 Å². The summed E-state index contributed by atoms with van der Waals surface area (Å²) in [5.41, 5.74) is 2.89. The average molecular weight is 414 g/mol. The Labute approximate surface area is 177 Å². The zero-order valence-corrected chi connectivity index (χ0v) is 16.8. The van der Waals surface area contributed by atoms with Gasteiger partial charge in [-0.15, -0.1) is 0 Å². The third-order valence-corrected chi connectivity index (χ3v) is 6.16. The van der Waals surface area contributed by atoms with Gasteiger partial charge in [-0.3, -0.25) is 19.9 Å². The summed E-state index contributed by atoms with van der Waals surface area (Å²) >= 11 is 1.03. The van der Waals surface area contributed by atoms with Crippen LogP contribution in [0, 0.1) is 0 Å². The first-order valence-corrected chi connectivity index (χ1v) is 10.5. The molecule has 0 bridgehead atoms. The maximum atomic E-state index is 11.8. The Balaban J connectivity index is 1.32. The standard InChI is InChI=1S/C24H18N2O3S/c27-23-22(30-24(28)26-23)11-15-10-17-8-9-19(12-21(17)25-13-15)29-14-18-6-3-5-16-4-1-2-7-20(16)18/h1-10,12-13,22H,11,14H2,(H,26,27,28). The normalized spacial score (nSPS) is 16.2. The molecule has 148 valence electrons. The van der Waals surface area contributed by atoms with Crippen LogP contribution in [-0.2, 0) is 17.8 Å². The van der Waals surface area contributed by atoms with Crippen LogP contribution in [0.1, 0.15) is 11.1 Å². The summed E-state index contributed by atoms with van der Waals surface area (Å²) in [5, 5.41) is 5.00. The molecule has 0 aliphatic carbocycles. The number of thioether (sulfide) groups is 1. The third kappa shape index (κ3) is 3.74. The lowest BCUT2D eigenvalue weighted by Crippen LogP contribution is -2.25. The molecule has 6 heteroatoms. The lowest BCUT2D eigenvalue weighted by Gasteiger charge is -2.10. The zero-order chi connectivity index (χ0) is 20.5. The maximum Gasteiger partial charge on any atom is 0.286 e. The van der Waals surface area contributed by atoms with E-state index >= 15 is 0 Å². The Bertz CT molecular complexity index is 1280. The minimum absolute atomic E-state index is 0.234. The van der Waals surface area contributed by atoms with Crippen LogP contribution < -0.4 is 10.1 Å². The largest absolute Gasteiger partial charge is 0.489 e. The minimum Gasteiger partial charge on any atom is -0.489 e. The molecule has 0 spiro atoms. The number of pyridine rings is 1. The molecule has 2 heterocycles. The molecular weight excluding hydrogens is 396 g/mol. The third-order valence-electron chi connectivity index (χ3n) is 5.17. The predicted molar refractivity (Wildman–Crippen MR) is 119 cm³/mol. The van der Waals surface area contributed by atoms with Crippen LogP contribution in [0.2, 0.25) is 0 Å². The number of hydrogen-bond donors (Lipinski definition) is 1. The van der Waals surface area contributed by atoms with E-state index in [0.29, 0.717) is 13.0 Å². The van der Waals surface area contributed by atoms with E-state index in [1.807, 2.05) is 42.5 Å². The summed E-state index contributed by atoms with van der Waals surface area (Å²) in [6.45, 7) is 0.479. The summed E-state index contributed by atoms with van der Waals surface area (Å²) in [6, 6.07) is 22.3. The van der Waals surface area contributed by atoms with E-state index in [1.165, 1.54) is 10.8 Å². The number of hydrogen-bond acceptors (Lipinski definition) is 5. The number of nitrogens with one attached hydrogen (secondary N) is 1. The van der Waals surface area contributed by atoms with Gasteiger partial charge in [-0.25, -0.2) is 0 Å². The second kappa shape index (κ2) is 7.80. The molecule has 1 saturated heterocycles. The lowest BCUT2D eigenvalue weighted by atomic mass is 10.1. The fourth-order valence-electron chi connectivity index (χ4n) is 3.67. The fourth-order valence-corrected chi connectivity index (χ4v) is 4.53. The fraction of sp³-hybridized carbons (Fsp3) is 0.125. The Kier molecular flexibility index (Phi) is 4.85. The van der Waals surface area contributed by atoms with Crippen molar-refractivity contribution >= 4 is 44.6 Å². The first-order valence-electron chi connectivity index (χ1n) is 9.65. The van der Waals surface area contributed by atoms with Gasteiger partial charge in [-0.1, -0.05) is 54.2 Å². The molecule has 1 aliphatic heterocycles. The molecule has 1 fully saturated rings. The highest BCUT2D eigenvalue weighted by Gasteiger charge is 2.31. The van der Waals surface area contributed by atoms with Crippen molar-refractivity contribution in [1.29, 1.82) is 0 Å². The first-order chi connectivity index (χ1) is 14.7. The van der Waals surface area contributed by atoms with E-state index in [1.54, 1.807) is 6.20 Å². The molecule has 1 atom stereocenters. The lowest BCUT2D eigenvalue weighted by molar-refractivity contribution is -0.118. The Morgan fingerprint density at radius 3 is 2.70 bits per heavy atom. The number of rotatable bonds is 5. The monoisotopic (exact) mass is 414 g/mol. The van der Waals surface area contributed by atoms with Crippen LogP contribution in [0.25, 0.3) is 21.7 Å². The Hall–Kier alpha value is -3.38. The van der Waals surface area contributed by atoms with E-state index in [-0.39, 0.29) is 16.4 Å². The molecule has 2 amide bonds. The SMILES string of the molecule is O=C1NC(=O)C(Cc2cnc3cc(OCc4cccc5ccccc45)ccc3c2)S1. The van der Waals surface area contributed by atoms with Crippen LogP contribution in [0.4, 0.5) is 4.79 Å². The number of carbonyl (C=O) groups excluding carboxylic acids is 2. The van der Waals surface area contributed by atoms with Crippen molar-refractivity contribution < 1.29 is 14.3 Å². The molecule has 30 heavy (non-hydrogen) atoms. The number of ether oxygens (including phenoxy) is 1. The highest BCUT2D eigenvalue weighted by molar-refractivity contribution is 8.15. The molecule has 3 aromatic carbocycles. The number of imide groups is 1. The van der Waals surface area contributed by atoms with E-state index in [2.05, 4.69) is 34.6 Å². The predicted octanol–water partition coefficient (Wildman–Crippen LogP) is 4.86. The highest BCUT2D eigenvalue weighted by atomic mass is 32.2. The molecular formula is C24H18N2O3S. The number of fused-ring (bicyclic) bond motifs is 2. The van der Waals surface area contributed by atoms with Gasteiger partial charge in [-0.05, 0) is 46.5 Å². The maximum absolute atomic E-state index is 11.8. The average Bonchev–Trinajstić information content (AvgIpc) is 3.08. The molecule has 1 aromatic heterocycles. The number of amides is 2. The summed E-state index contributed by atoms with van der Waals surface area (Å²) < 4.78 is 6.04. The molecule has 1 aliphatic rings. The number of benzene rings is 3. The van der Waals surface area contributed by atoms with Crippen LogP contribution in [-0.4, -0.2) is 21.4 Å². The smallest absolute Gasteiger partial charge is 0.286 e. The van der Waals surface area contributed by atoms with Gasteiger partial charge in [-0.2, -0.15) is 0 Å². The highest BCUT2D eigenvalue weighted by Crippen LogP contribution is 2.26. The van der Waals surface area contributed by atoms with Gasteiger partial charge in [0.15, 0.2) is 0 Å². The van der Waals surface area contributed by atoms with E-state index < -0.39 is 0 Å². The van der Waals surface area contributed by atoms with Crippen molar-refractivity contribution in [2.24, 2.45) is 0 Å². The van der Waals surface area contributed by atoms with Crippen molar-refractivity contribution in [3.05, 3.63) is 84.1 Å². The summed E-state index contributed by atoms with van der Waals surface area (Å²) in [6.07, 6.45) is 2.23. The van der Waals surface area contributed by atoms with Crippen molar-refractivity contribution in [2.75, 3.05) is 0 Å². The van der Waals surface area contributed by atoms with Gasteiger partial charge in [0, 0.05) is 17.6 Å². The van der Waals surface area contributed by atoms with Crippen LogP contribution in [0.5, 0.6) is 5.75 Å². The van der Waals surface area contributed by atoms with Gasteiger partial charge in [0.1, 0.15) is 12.4 Å². The van der Waals surface area contributed by atoms with Crippen LogP contribution >= 0.6 is 11.8 Å². The van der Waals surface area contributed by atoms with E-state index in [0.717, 1.165) is 39.5 Å². The van der Waals surface area contributed by atoms with E-state index in [4.69, 9.17) is 4.74 Å². The number of carbonyl (C=O) groups is 2. The number of nitrogens with zero attached hydrogens (tertiary/aromatic N) is 1. The molecule has 4 aromatic rings. The molecule has 1 unspecified atom stereocenters. The number of aromatic nitrogens is 1. The topological polar surface area (TPSA) is 68.3 Å². The Morgan fingerprint density at radius 2 is 1.83 bits per heavy atom. The van der Waals surface area contributed by atoms with E-state index in [9.17, 15) is 9.59 Å². The molecule has 5 nitrogen and oxygen atoms in total. The van der Waals surface area contributed by atoms with Gasteiger partial charge in [0.05, 0.1) is 10.8 Å². The molecule has 1 N–H and O–H groups in total. The van der Waals surface area contributed by atoms with Gasteiger partial charge in [0.2, 0.25) is 5.91 Å².